The van der Waals surface area contributed by atoms with Gasteiger partial charge in [0.05, 0.1) is 41.6 Å². The lowest BCUT2D eigenvalue weighted by molar-refractivity contribution is 0.473. The summed E-state index contributed by atoms with van der Waals surface area (Å²) in [6, 6.07) is 7.23. The Kier molecular flexibility index (Phi) is 3.42. The number of aromatic nitrogens is 7. The zero-order valence-corrected chi connectivity index (χ0v) is 15.4. The molecule has 0 saturated carbocycles. The van der Waals surface area contributed by atoms with Gasteiger partial charge in [-0.25, -0.2) is 4.98 Å². The lowest BCUT2D eigenvalue weighted by atomic mass is 10.1. The first kappa shape index (κ1) is 16.4. The van der Waals surface area contributed by atoms with Crippen LogP contribution in [0.25, 0.3) is 56.0 Å². The Morgan fingerprint density at radius 2 is 1.90 bits per heavy atom. The minimum Gasteiger partial charge on any atom is -0.506 e. The van der Waals surface area contributed by atoms with Crippen LogP contribution >= 0.6 is 0 Å². The van der Waals surface area contributed by atoms with Crippen molar-refractivity contribution in [3.05, 3.63) is 61.6 Å². The van der Waals surface area contributed by atoms with Crippen LogP contribution in [0.2, 0.25) is 0 Å². The predicted molar refractivity (Wildman–Crippen MR) is 109 cm³/mol. The number of nitrogens with one attached hydrogen (secondary N) is 2. The Labute approximate surface area is 168 Å². The molecule has 0 aromatic carbocycles. The number of fused-ring (bicyclic) bond motifs is 2. The first-order chi connectivity index (χ1) is 14.8. The van der Waals surface area contributed by atoms with Crippen LogP contribution in [0.4, 0.5) is 0 Å². The van der Waals surface area contributed by atoms with Crippen LogP contribution in [0, 0.1) is 0 Å². The van der Waals surface area contributed by atoms with E-state index in [0.717, 1.165) is 33.2 Å². The number of rotatable bonds is 3. The normalized spacial score (nSPS) is 11.5. The number of imidazole rings is 1. The maximum absolute atomic E-state index is 9.73. The quantitative estimate of drug-likeness (QED) is 0.414. The maximum Gasteiger partial charge on any atom is 0.159 e. The Balaban J connectivity index is 1.52. The molecule has 0 aliphatic carbocycles. The molecule has 0 spiro atoms. The standard InChI is InChI=1S/C21H13N7O2/c29-13-5-12(7-22-8-13)16-6-14-17(9-24-16)27-28-19(14)21-25-15-1-3-23-18(20(15)26-21)11-2-4-30-10-11/h1-10,29H,(H,25,26)(H,27,28). The highest BCUT2D eigenvalue weighted by Crippen LogP contribution is 2.31. The molecule has 30 heavy (non-hydrogen) atoms. The third-order valence-corrected chi connectivity index (χ3v) is 4.89. The van der Waals surface area contributed by atoms with Gasteiger partial charge >= 0.3 is 0 Å². The molecule has 0 saturated heterocycles. The number of aromatic amines is 2. The van der Waals surface area contributed by atoms with Crippen LogP contribution in [-0.4, -0.2) is 40.2 Å². The summed E-state index contributed by atoms with van der Waals surface area (Å²) < 4.78 is 5.19. The van der Waals surface area contributed by atoms with Crippen LogP contribution in [0.5, 0.6) is 5.75 Å². The van der Waals surface area contributed by atoms with Crippen molar-refractivity contribution in [1.82, 2.24) is 35.1 Å². The van der Waals surface area contributed by atoms with Crippen LogP contribution < -0.4 is 0 Å². The van der Waals surface area contributed by atoms with Crippen molar-refractivity contribution >= 4 is 21.9 Å². The fraction of sp³-hybridized carbons (Fsp3) is 0. The van der Waals surface area contributed by atoms with Crippen molar-refractivity contribution in [2.45, 2.75) is 0 Å². The summed E-state index contributed by atoms with van der Waals surface area (Å²) >= 11 is 0. The van der Waals surface area contributed by atoms with Gasteiger partial charge in [0.15, 0.2) is 5.82 Å². The molecule has 0 bridgehead atoms. The molecule has 144 valence electrons. The second-order valence-corrected chi connectivity index (χ2v) is 6.77. The minimum absolute atomic E-state index is 0.0818. The molecule has 0 aliphatic rings. The van der Waals surface area contributed by atoms with E-state index in [-0.39, 0.29) is 5.75 Å². The molecule has 9 nitrogen and oxygen atoms in total. The largest absolute Gasteiger partial charge is 0.506 e. The van der Waals surface area contributed by atoms with Gasteiger partial charge in [-0.1, -0.05) is 0 Å². The number of aromatic hydroxyl groups is 1. The fourth-order valence-corrected chi connectivity index (χ4v) is 3.48. The average Bonchev–Trinajstić information content (AvgIpc) is 3.51. The molecule has 0 atom stereocenters. The molecule has 0 amide bonds. The Morgan fingerprint density at radius 1 is 0.933 bits per heavy atom. The summed E-state index contributed by atoms with van der Waals surface area (Å²) in [6.07, 6.45) is 9.71. The van der Waals surface area contributed by atoms with E-state index in [0.29, 0.717) is 22.8 Å². The second kappa shape index (κ2) is 6.24. The molecular formula is C21H13N7O2. The zero-order valence-electron chi connectivity index (χ0n) is 15.4. The topological polar surface area (TPSA) is 129 Å². The molecule has 0 aliphatic heterocycles. The molecule has 9 heteroatoms. The predicted octanol–water partition coefficient (Wildman–Crippen LogP) is 3.92. The van der Waals surface area contributed by atoms with E-state index in [2.05, 4.69) is 30.1 Å². The van der Waals surface area contributed by atoms with Crippen LogP contribution in [-0.2, 0) is 0 Å². The Bertz CT molecular complexity index is 1520. The van der Waals surface area contributed by atoms with Crippen molar-refractivity contribution in [2.24, 2.45) is 0 Å². The van der Waals surface area contributed by atoms with Gasteiger partial charge in [0.1, 0.15) is 22.7 Å². The Hall–Kier alpha value is -4.53. The van der Waals surface area contributed by atoms with Gasteiger partial charge in [-0.2, -0.15) is 5.10 Å². The first-order valence-corrected chi connectivity index (χ1v) is 9.12. The van der Waals surface area contributed by atoms with Crippen molar-refractivity contribution in [3.8, 4) is 39.8 Å². The summed E-state index contributed by atoms with van der Waals surface area (Å²) in [5.41, 5.74) is 5.98. The highest BCUT2D eigenvalue weighted by molar-refractivity contribution is 5.96. The van der Waals surface area contributed by atoms with Crippen molar-refractivity contribution in [2.75, 3.05) is 0 Å². The summed E-state index contributed by atoms with van der Waals surface area (Å²) in [5.74, 6) is 0.693. The first-order valence-electron chi connectivity index (χ1n) is 9.12. The van der Waals surface area contributed by atoms with Crippen molar-refractivity contribution in [1.29, 1.82) is 0 Å². The highest BCUT2D eigenvalue weighted by Gasteiger charge is 2.17. The summed E-state index contributed by atoms with van der Waals surface area (Å²) in [6.45, 7) is 0. The van der Waals surface area contributed by atoms with E-state index in [1.807, 2.05) is 18.2 Å². The average molecular weight is 395 g/mol. The number of hydrogen-bond donors (Lipinski definition) is 3. The van der Waals surface area contributed by atoms with Gasteiger partial charge in [0.2, 0.25) is 0 Å². The number of pyridine rings is 3. The molecular weight excluding hydrogens is 382 g/mol. The molecule has 6 aromatic heterocycles. The third kappa shape index (κ3) is 2.53. The minimum atomic E-state index is 0.0818. The van der Waals surface area contributed by atoms with Gasteiger partial charge in [0.25, 0.3) is 0 Å². The van der Waals surface area contributed by atoms with Crippen LogP contribution in [0.15, 0.2) is 66.0 Å². The Morgan fingerprint density at radius 3 is 2.77 bits per heavy atom. The number of furan rings is 1. The number of H-pyrrole nitrogens is 2. The zero-order chi connectivity index (χ0) is 20.1. The van der Waals surface area contributed by atoms with E-state index >= 15 is 0 Å². The smallest absolute Gasteiger partial charge is 0.159 e. The van der Waals surface area contributed by atoms with Crippen LogP contribution in [0.3, 0.4) is 0 Å². The van der Waals surface area contributed by atoms with E-state index in [1.54, 1.807) is 37.2 Å². The van der Waals surface area contributed by atoms with E-state index < -0.39 is 0 Å². The van der Waals surface area contributed by atoms with Crippen LogP contribution in [0.1, 0.15) is 0 Å². The molecule has 6 aromatic rings. The summed E-state index contributed by atoms with van der Waals surface area (Å²) in [5, 5.41) is 18.0. The molecule has 3 N–H and O–H groups in total. The van der Waals surface area contributed by atoms with E-state index in [4.69, 9.17) is 9.40 Å². The van der Waals surface area contributed by atoms with Crippen molar-refractivity contribution < 1.29 is 9.52 Å². The van der Waals surface area contributed by atoms with Gasteiger partial charge in [-0.05, 0) is 24.3 Å². The lowest BCUT2D eigenvalue weighted by Gasteiger charge is -2.01. The van der Waals surface area contributed by atoms with Gasteiger partial charge < -0.3 is 14.5 Å². The molecule has 0 unspecified atom stereocenters. The number of nitrogens with zero attached hydrogens (tertiary/aromatic N) is 5. The summed E-state index contributed by atoms with van der Waals surface area (Å²) in [7, 11) is 0. The maximum atomic E-state index is 9.73. The lowest BCUT2D eigenvalue weighted by Crippen LogP contribution is -1.86. The number of hydrogen-bond acceptors (Lipinski definition) is 7. The van der Waals surface area contributed by atoms with Gasteiger partial charge in [0, 0.05) is 28.9 Å². The van der Waals surface area contributed by atoms with Gasteiger partial charge in [-0.15, -0.1) is 0 Å². The summed E-state index contributed by atoms with van der Waals surface area (Å²) in [4.78, 5) is 21.0. The van der Waals surface area contributed by atoms with Gasteiger partial charge in [-0.3, -0.25) is 20.1 Å². The van der Waals surface area contributed by atoms with E-state index in [1.165, 1.54) is 6.20 Å². The molecule has 0 fully saturated rings. The SMILES string of the molecule is Oc1cncc(-c2cc3c(-c4nc5c(-c6ccoc6)nccc5[nH]4)n[nH]c3cn2)c1. The molecule has 0 radical (unpaired) electrons. The van der Waals surface area contributed by atoms with E-state index in [9.17, 15) is 5.11 Å². The molecule has 6 heterocycles. The highest BCUT2D eigenvalue weighted by atomic mass is 16.3. The molecule has 6 rings (SSSR count). The monoisotopic (exact) mass is 395 g/mol. The van der Waals surface area contributed by atoms with Crippen molar-refractivity contribution in [3.63, 3.8) is 0 Å². The second-order valence-electron chi connectivity index (χ2n) is 6.77. The fourth-order valence-electron chi connectivity index (χ4n) is 3.48. The third-order valence-electron chi connectivity index (χ3n) is 4.89.